The Labute approximate surface area is 174 Å². The van der Waals surface area contributed by atoms with Crippen molar-refractivity contribution < 1.29 is 38.9 Å². The lowest BCUT2D eigenvalue weighted by atomic mass is 10.0. The number of carboxylic acid groups (broad SMARTS) is 2. The molecule has 0 aliphatic carbocycles. The van der Waals surface area contributed by atoms with Crippen LogP contribution in [0.15, 0.2) is 0 Å². The summed E-state index contributed by atoms with van der Waals surface area (Å²) in [5, 5.41) is 29.4. The molecule has 0 aliphatic heterocycles. The van der Waals surface area contributed by atoms with Gasteiger partial charge in [-0.2, -0.15) is 0 Å². The van der Waals surface area contributed by atoms with Crippen LogP contribution in [0, 0.1) is 0 Å². The number of aliphatic carboxylic acids is 2. The SMILES string of the molecule is C[N+](C)(C)CC(CC(=O)[O-])OC(=O)CCC(O)CCCCCCCCCC(=O)O. The van der Waals surface area contributed by atoms with E-state index < -0.39 is 30.1 Å². The van der Waals surface area contributed by atoms with Crippen molar-refractivity contribution in [2.75, 3.05) is 27.7 Å². The number of rotatable bonds is 18. The molecule has 8 nitrogen and oxygen atoms in total. The van der Waals surface area contributed by atoms with Crippen LogP contribution >= 0.6 is 0 Å². The van der Waals surface area contributed by atoms with Gasteiger partial charge in [0, 0.05) is 25.2 Å². The van der Waals surface area contributed by atoms with E-state index in [-0.39, 0.29) is 19.3 Å². The second-order valence-corrected chi connectivity index (χ2v) is 8.76. The lowest BCUT2D eigenvalue weighted by Crippen LogP contribution is -2.45. The molecule has 170 valence electrons. The second kappa shape index (κ2) is 15.2. The number of hydrogen-bond acceptors (Lipinski definition) is 6. The van der Waals surface area contributed by atoms with Gasteiger partial charge in [-0.1, -0.05) is 38.5 Å². The van der Waals surface area contributed by atoms with E-state index in [4.69, 9.17) is 9.84 Å². The number of carbonyl (C=O) groups is 3. The first-order valence-electron chi connectivity index (χ1n) is 10.6. The Balaban J connectivity index is 3.86. The smallest absolute Gasteiger partial charge is 0.306 e. The predicted octanol–water partition coefficient (Wildman–Crippen LogP) is 1.48. The number of likely N-dealkylation sites (N-methyl/N-ethyl adjacent to an activating group) is 1. The third kappa shape index (κ3) is 19.4. The fourth-order valence-electron chi connectivity index (χ4n) is 3.15. The molecule has 2 unspecified atom stereocenters. The fraction of sp³-hybridized carbons (Fsp3) is 0.857. The summed E-state index contributed by atoms with van der Waals surface area (Å²) >= 11 is 0. The minimum atomic E-state index is -1.25. The molecule has 0 fully saturated rings. The highest BCUT2D eigenvalue weighted by atomic mass is 16.5. The van der Waals surface area contributed by atoms with Gasteiger partial charge in [0.15, 0.2) is 6.10 Å². The molecule has 0 rings (SSSR count). The molecule has 0 bridgehead atoms. The zero-order valence-electron chi connectivity index (χ0n) is 18.2. The van der Waals surface area contributed by atoms with Crippen LogP contribution in [-0.2, 0) is 19.1 Å². The topological polar surface area (TPSA) is 124 Å². The number of hydrogen-bond donors (Lipinski definition) is 2. The average molecular weight is 418 g/mol. The number of ether oxygens (including phenoxy) is 1. The lowest BCUT2D eigenvalue weighted by Gasteiger charge is -2.29. The summed E-state index contributed by atoms with van der Waals surface area (Å²) in [4.78, 5) is 33.2. The Bertz CT molecular complexity index is 488. The number of nitrogens with zero attached hydrogens (tertiary/aromatic N) is 1. The summed E-state index contributed by atoms with van der Waals surface area (Å²) in [5.41, 5.74) is 0. The van der Waals surface area contributed by atoms with Crippen LogP contribution in [0.1, 0.15) is 77.0 Å². The van der Waals surface area contributed by atoms with Crippen molar-refractivity contribution in [3.8, 4) is 0 Å². The Morgan fingerprint density at radius 3 is 1.97 bits per heavy atom. The fourth-order valence-corrected chi connectivity index (χ4v) is 3.15. The zero-order chi connectivity index (χ0) is 22.3. The minimum Gasteiger partial charge on any atom is -0.550 e. The van der Waals surface area contributed by atoms with Crippen LogP contribution < -0.4 is 5.11 Å². The van der Waals surface area contributed by atoms with Crippen LogP contribution in [0.5, 0.6) is 0 Å². The van der Waals surface area contributed by atoms with Crippen LogP contribution in [0.3, 0.4) is 0 Å². The maximum Gasteiger partial charge on any atom is 0.306 e. The standard InChI is InChI=1S/C21H39NO7/c1-22(2,3)16-18(15-20(26)27)29-21(28)14-13-17(23)11-9-7-5-4-6-8-10-12-19(24)25/h17-18,23H,4-16H2,1-3H3,(H-,24,25,26,27). The number of quaternary nitrogens is 1. The molecule has 2 N–H and O–H groups in total. The van der Waals surface area contributed by atoms with Crippen molar-refractivity contribution in [2.24, 2.45) is 0 Å². The van der Waals surface area contributed by atoms with E-state index in [1.807, 2.05) is 21.1 Å². The van der Waals surface area contributed by atoms with Gasteiger partial charge in [0.05, 0.1) is 27.2 Å². The van der Waals surface area contributed by atoms with Crippen LogP contribution in [0.25, 0.3) is 0 Å². The maximum atomic E-state index is 12.0. The van der Waals surface area contributed by atoms with Gasteiger partial charge >= 0.3 is 11.9 Å². The van der Waals surface area contributed by atoms with Gasteiger partial charge < -0.3 is 29.3 Å². The number of aliphatic hydroxyl groups is 1. The first-order chi connectivity index (χ1) is 13.5. The van der Waals surface area contributed by atoms with Gasteiger partial charge in [-0.05, 0) is 19.3 Å². The van der Waals surface area contributed by atoms with E-state index in [9.17, 15) is 24.6 Å². The molecule has 0 spiro atoms. The molecular weight excluding hydrogens is 378 g/mol. The Kier molecular flexibility index (Phi) is 14.3. The summed E-state index contributed by atoms with van der Waals surface area (Å²) in [6.45, 7) is 0.374. The Hall–Kier alpha value is -1.67. The van der Waals surface area contributed by atoms with Crippen LogP contribution in [-0.4, -0.2) is 72.5 Å². The van der Waals surface area contributed by atoms with Crippen molar-refractivity contribution in [3.63, 3.8) is 0 Å². The molecule has 0 radical (unpaired) electrons. The minimum absolute atomic E-state index is 0.0609. The van der Waals surface area contributed by atoms with E-state index in [1.165, 1.54) is 0 Å². The molecule has 0 aromatic carbocycles. The Morgan fingerprint density at radius 1 is 0.897 bits per heavy atom. The summed E-state index contributed by atoms with van der Waals surface area (Å²) in [7, 11) is 5.65. The normalized spacial score (nSPS) is 13.7. The van der Waals surface area contributed by atoms with Crippen LogP contribution in [0.4, 0.5) is 0 Å². The highest BCUT2D eigenvalue weighted by Crippen LogP contribution is 2.14. The molecule has 2 atom stereocenters. The molecule has 0 aromatic heterocycles. The van der Waals surface area contributed by atoms with Crippen molar-refractivity contribution in [1.82, 2.24) is 0 Å². The van der Waals surface area contributed by atoms with E-state index in [0.29, 0.717) is 23.9 Å². The van der Waals surface area contributed by atoms with E-state index in [0.717, 1.165) is 44.9 Å². The summed E-state index contributed by atoms with van der Waals surface area (Å²) in [5.74, 6) is -2.49. The summed E-state index contributed by atoms with van der Waals surface area (Å²) < 4.78 is 5.73. The van der Waals surface area contributed by atoms with Gasteiger partial charge in [0.2, 0.25) is 0 Å². The van der Waals surface area contributed by atoms with Crippen molar-refractivity contribution in [3.05, 3.63) is 0 Å². The molecule has 0 amide bonds. The molecule has 29 heavy (non-hydrogen) atoms. The zero-order valence-corrected chi connectivity index (χ0v) is 18.2. The van der Waals surface area contributed by atoms with E-state index >= 15 is 0 Å². The number of carboxylic acids is 2. The lowest BCUT2D eigenvalue weighted by molar-refractivity contribution is -0.873. The van der Waals surface area contributed by atoms with Crippen LogP contribution in [0.2, 0.25) is 0 Å². The molecule has 0 saturated carbocycles. The monoisotopic (exact) mass is 417 g/mol. The predicted molar refractivity (Wildman–Crippen MR) is 107 cm³/mol. The molecular formula is C21H39NO7. The molecule has 0 heterocycles. The maximum absolute atomic E-state index is 12.0. The van der Waals surface area contributed by atoms with Crippen molar-refractivity contribution in [2.45, 2.75) is 89.3 Å². The number of unbranched alkanes of at least 4 members (excludes halogenated alkanes) is 6. The third-order valence-electron chi connectivity index (χ3n) is 4.55. The highest BCUT2D eigenvalue weighted by molar-refractivity contribution is 5.71. The molecule has 0 saturated heterocycles. The van der Waals surface area contributed by atoms with Gasteiger partial charge in [0.1, 0.15) is 6.54 Å². The first-order valence-corrected chi connectivity index (χ1v) is 10.6. The summed E-state index contributed by atoms with van der Waals surface area (Å²) in [6.07, 6.45) is 6.25. The first kappa shape index (κ1) is 27.3. The highest BCUT2D eigenvalue weighted by Gasteiger charge is 2.22. The molecule has 0 aliphatic rings. The Morgan fingerprint density at radius 2 is 1.45 bits per heavy atom. The third-order valence-corrected chi connectivity index (χ3v) is 4.55. The van der Waals surface area contributed by atoms with Gasteiger partial charge in [-0.15, -0.1) is 0 Å². The average Bonchev–Trinajstić information content (AvgIpc) is 2.56. The largest absolute Gasteiger partial charge is 0.550 e. The van der Waals surface area contributed by atoms with Gasteiger partial charge in [-0.3, -0.25) is 9.59 Å². The number of carbonyl (C=O) groups excluding carboxylic acids is 2. The van der Waals surface area contributed by atoms with Gasteiger partial charge in [0.25, 0.3) is 0 Å². The number of esters is 1. The summed E-state index contributed by atoms with van der Waals surface area (Å²) in [6, 6.07) is 0. The quantitative estimate of drug-likeness (QED) is 0.197. The van der Waals surface area contributed by atoms with Crippen molar-refractivity contribution in [1.29, 1.82) is 0 Å². The molecule has 8 heteroatoms. The number of aliphatic hydroxyl groups excluding tert-OH is 1. The van der Waals surface area contributed by atoms with Gasteiger partial charge in [-0.25, -0.2) is 0 Å². The van der Waals surface area contributed by atoms with E-state index in [1.54, 1.807) is 0 Å². The van der Waals surface area contributed by atoms with Crippen molar-refractivity contribution >= 4 is 17.9 Å². The molecule has 0 aromatic rings. The second-order valence-electron chi connectivity index (χ2n) is 8.76. The van der Waals surface area contributed by atoms with E-state index in [2.05, 4.69) is 0 Å².